The topological polar surface area (TPSA) is 37.8 Å². The first-order valence-corrected chi connectivity index (χ1v) is 16.3. The molecule has 1 aliphatic heterocycles. The van der Waals surface area contributed by atoms with Gasteiger partial charge in [-0.15, -0.1) is 0 Å². The predicted octanol–water partition coefficient (Wildman–Crippen LogP) is 9.46. The second-order valence-electron chi connectivity index (χ2n) is 12.6. The summed E-state index contributed by atoms with van der Waals surface area (Å²) >= 11 is 0. The zero-order valence-electron chi connectivity index (χ0n) is 26.1. The smallest absolute Gasteiger partial charge is 0.214 e. The highest BCUT2D eigenvalue weighted by Gasteiger charge is 2.34. The maximum absolute atomic E-state index is 5.45. The molecule has 2 aromatic heterocycles. The molecule has 0 spiro atoms. The monoisotopic (exact) mass is 597 g/mol. The summed E-state index contributed by atoms with van der Waals surface area (Å²) in [5.74, 6) is 2.02. The Morgan fingerprint density at radius 3 is 2.28 bits per heavy atom. The Hall–Kier alpha value is -5.42. The first-order chi connectivity index (χ1) is 22.7. The molecule has 2 aliphatic carbocycles. The molecular formula is C41H35N5. The summed E-state index contributed by atoms with van der Waals surface area (Å²) in [6.45, 7) is 2.35. The number of para-hydroxylation sites is 2. The van der Waals surface area contributed by atoms with Crippen LogP contribution in [0.3, 0.4) is 0 Å². The van der Waals surface area contributed by atoms with E-state index in [1.807, 2.05) is 0 Å². The van der Waals surface area contributed by atoms with Gasteiger partial charge in [0, 0.05) is 51.6 Å². The van der Waals surface area contributed by atoms with Crippen molar-refractivity contribution >= 4 is 50.6 Å². The lowest BCUT2D eigenvalue weighted by Gasteiger charge is -2.35. The second-order valence-corrected chi connectivity index (χ2v) is 12.6. The van der Waals surface area contributed by atoms with Gasteiger partial charge in [-0.05, 0) is 43.0 Å². The standard InChI is InChI=1S/C41H35N5/c1-27-15-14-23-32-34-26-25-33-31-22-12-13-24-35(31)45(30-20-10-5-11-21-30)37(33)38(34)46(36(27)32)41-43-39(28-16-6-3-7-17-28)42-40(44(41)2)29-18-8-4-9-19-29/h3-8,10-14,16-18,20-27,40H,9,15,19H2,1-2H3. The lowest BCUT2D eigenvalue weighted by atomic mass is 9.93. The molecule has 9 rings (SSSR count). The normalized spacial score (nSPS) is 19.4. The van der Waals surface area contributed by atoms with Gasteiger partial charge in [-0.3, -0.25) is 4.57 Å². The molecule has 5 nitrogen and oxygen atoms in total. The van der Waals surface area contributed by atoms with E-state index in [0.717, 1.165) is 42.3 Å². The number of rotatable bonds is 3. The van der Waals surface area contributed by atoms with Crippen LogP contribution in [0.1, 0.15) is 48.9 Å². The van der Waals surface area contributed by atoms with Gasteiger partial charge in [-0.1, -0.05) is 116 Å². The molecule has 224 valence electrons. The molecule has 5 heteroatoms. The van der Waals surface area contributed by atoms with Crippen molar-refractivity contribution in [2.24, 2.45) is 9.98 Å². The van der Waals surface area contributed by atoms with Crippen molar-refractivity contribution in [2.45, 2.75) is 38.3 Å². The third-order valence-electron chi connectivity index (χ3n) is 9.84. The van der Waals surface area contributed by atoms with Gasteiger partial charge in [0.2, 0.25) is 5.96 Å². The minimum absolute atomic E-state index is 0.144. The molecule has 0 bridgehead atoms. The fourth-order valence-corrected chi connectivity index (χ4v) is 7.69. The Labute approximate surface area is 268 Å². The molecule has 0 radical (unpaired) electrons. The average Bonchev–Trinajstić information content (AvgIpc) is 3.63. The van der Waals surface area contributed by atoms with Crippen molar-refractivity contribution in [2.75, 3.05) is 7.05 Å². The summed E-state index contributed by atoms with van der Waals surface area (Å²) < 4.78 is 4.94. The SMILES string of the molecule is CC1CC=Cc2c1n(C1=NC(c3ccccc3)=NC(C3=CC=CCC3)N1C)c1c2ccc2c3ccccc3n(-c3ccccc3)c21. The predicted molar refractivity (Wildman–Crippen MR) is 192 cm³/mol. The summed E-state index contributed by atoms with van der Waals surface area (Å²) in [6, 6.07) is 34.7. The number of aliphatic imine (C=N–C) groups is 2. The molecule has 4 aromatic carbocycles. The van der Waals surface area contributed by atoms with Gasteiger partial charge in [0.1, 0.15) is 6.17 Å². The van der Waals surface area contributed by atoms with E-state index >= 15 is 0 Å². The first kappa shape index (κ1) is 26.9. The van der Waals surface area contributed by atoms with Gasteiger partial charge < -0.3 is 9.47 Å². The minimum Gasteiger partial charge on any atom is -0.319 e. The number of fused-ring (bicyclic) bond motifs is 7. The van der Waals surface area contributed by atoms with Crippen LogP contribution in [0, 0.1) is 0 Å². The average molecular weight is 598 g/mol. The van der Waals surface area contributed by atoms with E-state index in [4.69, 9.17) is 9.98 Å². The van der Waals surface area contributed by atoms with E-state index in [1.54, 1.807) is 0 Å². The number of nitrogens with zero attached hydrogens (tertiary/aromatic N) is 5. The van der Waals surface area contributed by atoms with E-state index in [2.05, 4.69) is 155 Å². The first-order valence-electron chi connectivity index (χ1n) is 16.3. The number of benzene rings is 4. The minimum atomic E-state index is -0.144. The summed E-state index contributed by atoms with van der Waals surface area (Å²) in [6.07, 6.45) is 14.2. The molecule has 0 amide bonds. The van der Waals surface area contributed by atoms with Gasteiger partial charge in [-0.25, -0.2) is 4.99 Å². The lowest BCUT2D eigenvalue weighted by molar-refractivity contribution is 0.394. The zero-order valence-corrected chi connectivity index (χ0v) is 26.1. The number of hydrogen-bond donors (Lipinski definition) is 0. The molecular weight excluding hydrogens is 562 g/mol. The molecule has 0 saturated heterocycles. The molecule has 0 saturated carbocycles. The summed E-state index contributed by atoms with van der Waals surface area (Å²) in [4.78, 5) is 13.1. The number of likely N-dealkylation sites (N-methyl/N-ethyl adjacent to an activating group) is 1. The van der Waals surface area contributed by atoms with E-state index < -0.39 is 0 Å². The third-order valence-corrected chi connectivity index (χ3v) is 9.84. The van der Waals surface area contributed by atoms with Gasteiger partial charge in [0.05, 0.1) is 16.6 Å². The molecule has 3 heterocycles. The molecule has 2 atom stereocenters. The van der Waals surface area contributed by atoms with Crippen molar-refractivity contribution in [3.8, 4) is 5.69 Å². The van der Waals surface area contributed by atoms with Gasteiger partial charge in [0.15, 0.2) is 5.84 Å². The van der Waals surface area contributed by atoms with Gasteiger partial charge in [0.25, 0.3) is 0 Å². The molecule has 3 aliphatic rings. The number of aromatic nitrogens is 2. The lowest BCUT2D eigenvalue weighted by Crippen LogP contribution is -2.45. The van der Waals surface area contributed by atoms with Crippen molar-refractivity contribution in [1.29, 1.82) is 0 Å². The van der Waals surface area contributed by atoms with E-state index in [9.17, 15) is 0 Å². The van der Waals surface area contributed by atoms with Crippen LogP contribution in [0.5, 0.6) is 0 Å². The summed E-state index contributed by atoms with van der Waals surface area (Å²) in [7, 11) is 2.17. The Balaban J connectivity index is 1.42. The maximum atomic E-state index is 5.45. The molecule has 46 heavy (non-hydrogen) atoms. The van der Waals surface area contributed by atoms with Crippen LogP contribution >= 0.6 is 0 Å². The fraction of sp³-hybridized carbons (Fsp3) is 0.171. The highest BCUT2D eigenvalue weighted by Crippen LogP contribution is 2.44. The van der Waals surface area contributed by atoms with Crippen molar-refractivity contribution < 1.29 is 0 Å². The van der Waals surface area contributed by atoms with Crippen LogP contribution in [0.4, 0.5) is 0 Å². The van der Waals surface area contributed by atoms with Crippen LogP contribution in [0.2, 0.25) is 0 Å². The van der Waals surface area contributed by atoms with Crippen LogP contribution in [-0.2, 0) is 0 Å². The van der Waals surface area contributed by atoms with Gasteiger partial charge >= 0.3 is 0 Å². The third kappa shape index (κ3) is 4.01. The Kier molecular flexibility index (Phi) is 6.20. The summed E-state index contributed by atoms with van der Waals surface area (Å²) in [5.41, 5.74) is 9.70. The van der Waals surface area contributed by atoms with E-state index in [1.165, 1.54) is 49.5 Å². The van der Waals surface area contributed by atoms with Crippen molar-refractivity contribution in [3.63, 3.8) is 0 Å². The number of amidine groups is 1. The number of hydrogen-bond acceptors (Lipinski definition) is 3. The largest absolute Gasteiger partial charge is 0.319 e. The highest BCUT2D eigenvalue weighted by atomic mass is 15.4. The van der Waals surface area contributed by atoms with Crippen LogP contribution in [0.15, 0.2) is 137 Å². The fourth-order valence-electron chi connectivity index (χ4n) is 7.69. The Bertz CT molecular complexity index is 2310. The quantitative estimate of drug-likeness (QED) is 0.200. The molecule has 6 aromatic rings. The molecule has 2 unspecified atom stereocenters. The van der Waals surface area contributed by atoms with Crippen LogP contribution in [-0.4, -0.2) is 39.0 Å². The van der Waals surface area contributed by atoms with Crippen LogP contribution in [0.25, 0.3) is 44.5 Å². The van der Waals surface area contributed by atoms with E-state index in [0.29, 0.717) is 5.92 Å². The van der Waals surface area contributed by atoms with E-state index in [-0.39, 0.29) is 6.17 Å². The zero-order chi connectivity index (χ0) is 30.8. The maximum Gasteiger partial charge on any atom is 0.214 e. The summed E-state index contributed by atoms with van der Waals surface area (Å²) in [5, 5.41) is 3.74. The number of allylic oxidation sites excluding steroid dienone is 4. The second kappa shape index (κ2) is 10.6. The Morgan fingerprint density at radius 1 is 0.739 bits per heavy atom. The van der Waals surface area contributed by atoms with Crippen LogP contribution < -0.4 is 0 Å². The Morgan fingerprint density at radius 2 is 1.48 bits per heavy atom. The highest BCUT2D eigenvalue weighted by molar-refractivity contribution is 6.22. The van der Waals surface area contributed by atoms with Gasteiger partial charge in [-0.2, -0.15) is 4.99 Å². The van der Waals surface area contributed by atoms with Crippen molar-refractivity contribution in [1.82, 2.24) is 14.0 Å². The molecule has 0 N–H and O–H groups in total. The van der Waals surface area contributed by atoms with Crippen molar-refractivity contribution in [3.05, 3.63) is 144 Å². The molecule has 0 fully saturated rings.